The molecule has 0 aromatic heterocycles. The van der Waals surface area contributed by atoms with Crippen molar-refractivity contribution in [1.82, 2.24) is 0 Å². The van der Waals surface area contributed by atoms with Gasteiger partial charge in [0.15, 0.2) is 0 Å². The summed E-state index contributed by atoms with van der Waals surface area (Å²) < 4.78 is 0. The number of rotatable bonds is 2. The Morgan fingerprint density at radius 2 is 2.00 bits per heavy atom. The summed E-state index contributed by atoms with van der Waals surface area (Å²) in [6.45, 7) is 6.51. The van der Waals surface area contributed by atoms with Gasteiger partial charge in [-0.25, -0.2) is 0 Å². The number of nitriles is 1. The van der Waals surface area contributed by atoms with E-state index in [0.29, 0.717) is 11.2 Å². The fourth-order valence-corrected chi connectivity index (χ4v) is 0.853. The lowest BCUT2D eigenvalue weighted by Gasteiger charge is -2.24. The molecule has 0 aromatic rings. The smallest absolute Gasteiger partial charge is 0.0622 e. The SMILES string of the molecule is CC(C)(C)C(Br)CCC#N. The monoisotopic (exact) mass is 203 g/mol. The van der Waals surface area contributed by atoms with Crippen molar-refractivity contribution in [1.29, 1.82) is 5.26 Å². The summed E-state index contributed by atoms with van der Waals surface area (Å²) in [5.74, 6) is 0. The summed E-state index contributed by atoms with van der Waals surface area (Å²) in [5.41, 5.74) is 0.275. The topological polar surface area (TPSA) is 23.8 Å². The van der Waals surface area contributed by atoms with Crippen molar-refractivity contribution < 1.29 is 0 Å². The molecule has 0 fully saturated rings. The molecule has 10 heavy (non-hydrogen) atoms. The predicted molar refractivity (Wildman–Crippen MR) is 47.0 cm³/mol. The lowest BCUT2D eigenvalue weighted by Crippen LogP contribution is -2.19. The van der Waals surface area contributed by atoms with Crippen LogP contribution in [0.5, 0.6) is 0 Å². The van der Waals surface area contributed by atoms with E-state index >= 15 is 0 Å². The van der Waals surface area contributed by atoms with Gasteiger partial charge in [0.25, 0.3) is 0 Å². The van der Waals surface area contributed by atoms with Crippen LogP contribution in [-0.2, 0) is 0 Å². The quantitative estimate of drug-likeness (QED) is 0.634. The van der Waals surface area contributed by atoms with Gasteiger partial charge in [-0.1, -0.05) is 36.7 Å². The van der Waals surface area contributed by atoms with Gasteiger partial charge in [-0.3, -0.25) is 0 Å². The molecule has 1 nitrogen and oxygen atoms in total. The number of nitrogens with zero attached hydrogens (tertiary/aromatic N) is 1. The third-order valence-corrected chi connectivity index (χ3v) is 3.28. The molecule has 0 rings (SSSR count). The summed E-state index contributed by atoms with van der Waals surface area (Å²) in [5, 5.41) is 8.31. The highest BCUT2D eigenvalue weighted by Crippen LogP contribution is 2.29. The zero-order valence-electron chi connectivity index (χ0n) is 6.82. The van der Waals surface area contributed by atoms with Crippen molar-refractivity contribution >= 4 is 15.9 Å². The maximum absolute atomic E-state index is 8.31. The second-order valence-electron chi connectivity index (χ2n) is 3.53. The van der Waals surface area contributed by atoms with Crippen LogP contribution in [0.2, 0.25) is 0 Å². The Labute approximate surface area is 71.6 Å². The first-order valence-electron chi connectivity index (χ1n) is 3.49. The van der Waals surface area contributed by atoms with E-state index in [4.69, 9.17) is 5.26 Å². The first-order chi connectivity index (χ1) is 4.48. The molecule has 0 spiro atoms. The molecule has 0 saturated heterocycles. The molecule has 0 heterocycles. The normalized spacial score (nSPS) is 14.3. The van der Waals surface area contributed by atoms with E-state index in [1.165, 1.54) is 0 Å². The third kappa shape index (κ3) is 3.90. The van der Waals surface area contributed by atoms with Gasteiger partial charge in [-0.05, 0) is 11.8 Å². The molecule has 1 atom stereocenters. The van der Waals surface area contributed by atoms with Gasteiger partial charge < -0.3 is 0 Å². The number of alkyl halides is 1. The van der Waals surface area contributed by atoms with Crippen LogP contribution in [-0.4, -0.2) is 4.83 Å². The van der Waals surface area contributed by atoms with Crippen molar-refractivity contribution in [2.75, 3.05) is 0 Å². The van der Waals surface area contributed by atoms with Gasteiger partial charge in [-0.2, -0.15) is 5.26 Å². The average Bonchev–Trinajstić information content (AvgIpc) is 1.80. The molecule has 1 unspecified atom stereocenters. The van der Waals surface area contributed by atoms with Gasteiger partial charge in [0.1, 0.15) is 0 Å². The van der Waals surface area contributed by atoms with Crippen LogP contribution >= 0.6 is 15.9 Å². The van der Waals surface area contributed by atoms with Crippen molar-refractivity contribution in [2.24, 2.45) is 5.41 Å². The molecule has 0 radical (unpaired) electrons. The zero-order valence-corrected chi connectivity index (χ0v) is 8.40. The Balaban J connectivity index is 3.65. The van der Waals surface area contributed by atoms with Crippen LogP contribution in [0.4, 0.5) is 0 Å². The maximum Gasteiger partial charge on any atom is 0.0622 e. The van der Waals surface area contributed by atoms with E-state index < -0.39 is 0 Å². The van der Waals surface area contributed by atoms with E-state index in [2.05, 4.69) is 42.8 Å². The van der Waals surface area contributed by atoms with Gasteiger partial charge in [0, 0.05) is 11.2 Å². The Bertz CT molecular complexity index is 129. The van der Waals surface area contributed by atoms with E-state index in [9.17, 15) is 0 Å². The summed E-state index contributed by atoms with van der Waals surface area (Å²) >= 11 is 3.55. The minimum Gasteiger partial charge on any atom is -0.198 e. The molecule has 0 amide bonds. The Morgan fingerprint density at radius 3 is 2.30 bits per heavy atom. The van der Waals surface area contributed by atoms with Crippen LogP contribution in [0.25, 0.3) is 0 Å². The van der Waals surface area contributed by atoms with E-state index in [1.807, 2.05) is 0 Å². The lowest BCUT2D eigenvalue weighted by molar-refractivity contribution is 0.388. The highest BCUT2D eigenvalue weighted by Gasteiger charge is 2.20. The van der Waals surface area contributed by atoms with Crippen LogP contribution in [0.3, 0.4) is 0 Å². The fourth-order valence-electron chi connectivity index (χ4n) is 0.624. The standard InChI is InChI=1S/C8H14BrN/c1-8(2,3)7(9)5-4-6-10/h7H,4-5H2,1-3H3. The Morgan fingerprint density at radius 1 is 1.50 bits per heavy atom. The van der Waals surface area contributed by atoms with Crippen LogP contribution in [0.1, 0.15) is 33.6 Å². The minimum atomic E-state index is 0.275. The van der Waals surface area contributed by atoms with E-state index in [0.717, 1.165) is 6.42 Å². The summed E-state index contributed by atoms with van der Waals surface area (Å²) in [6.07, 6.45) is 1.59. The van der Waals surface area contributed by atoms with Crippen LogP contribution < -0.4 is 0 Å². The average molecular weight is 204 g/mol. The summed E-state index contributed by atoms with van der Waals surface area (Å²) in [6, 6.07) is 2.14. The summed E-state index contributed by atoms with van der Waals surface area (Å²) in [4.78, 5) is 0.458. The third-order valence-electron chi connectivity index (χ3n) is 1.45. The molecule has 0 bridgehead atoms. The second kappa shape index (κ2) is 3.98. The largest absolute Gasteiger partial charge is 0.198 e. The Hall–Kier alpha value is -0.0300. The maximum atomic E-state index is 8.31. The van der Waals surface area contributed by atoms with Crippen LogP contribution in [0, 0.1) is 16.7 Å². The minimum absolute atomic E-state index is 0.275. The highest BCUT2D eigenvalue weighted by molar-refractivity contribution is 9.09. The van der Waals surface area contributed by atoms with Crippen molar-refractivity contribution in [2.45, 2.75) is 38.4 Å². The van der Waals surface area contributed by atoms with E-state index in [-0.39, 0.29) is 5.41 Å². The van der Waals surface area contributed by atoms with E-state index in [1.54, 1.807) is 0 Å². The lowest BCUT2D eigenvalue weighted by atomic mass is 9.90. The van der Waals surface area contributed by atoms with Gasteiger partial charge in [0.05, 0.1) is 6.07 Å². The molecule has 0 aromatic carbocycles. The van der Waals surface area contributed by atoms with Gasteiger partial charge in [-0.15, -0.1) is 0 Å². The fraction of sp³-hybridized carbons (Fsp3) is 0.875. The highest BCUT2D eigenvalue weighted by atomic mass is 79.9. The van der Waals surface area contributed by atoms with Crippen molar-refractivity contribution in [3.8, 4) is 6.07 Å². The van der Waals surface area contributed by atoms with Crippen molar-refractivity contribution in [3.05, 3.63) is 0 Å². The molecule has 0 aliphatic carbocycles. The molecule has 0 N–H and O–H groups in total. The molecule has 0 saturated carbocycles. The molecule has 0 aliphatic heterocycles. The molecule has 58 valence electrons. The Kier molecular flexibility index (Phi) is 3.96. The molecule has 2 heteroatoms. The molecular formula is C8H14BrN. The van der Waals surface area contributed by atoms with Crippen LogP contribution in [0.15, 0.2) is 0 Å². The first-order valence-corrected chi connectivity index (χ1v) is 4.41. The first kappa shape index (κ1) is 9.97. The van der Waals surface area contributed by atoms with Gasteiger partial charge in [0.2, 0.25) is 0 Å². The molecular weight excluding hydrogens is 190 g/mol. The predicted octanol–water partition coefficient (Wildman–Crippen LogP) is 3.10. The van der Waals surface area contributed by atoms with Gasteiger partial charge >= 0.3 is 0 Å². The number of hydrogen-bond donors (Lipinski definition) is 0. The van der Waals surface area contributed by atoms with Crippen molar-refractivity contribution in [3.63, 3.8) is 0 Å². The zero-order chi connectivity index (χ0) is 8.20. The number of hydrogen-bond acceptors (Lipinski definition) is 1. The number of halogens is 1. The summed E-state index contributed by atoms with van der Waals surface area (Å²) in [7, 11) is 0. The second-order valence-corrected chi connectivity index (χ2v) is 4.64. The molecule has 0 aliphatic rings.